The number of rotatable bonds is 7. The summed E-state index contributed by atoms with van der Waals surface area (Å²) in [5.74, 6) is -0.124. The smallest absolute Gasteiger partial charge is 0.404 e. The van der Waals surface area contributed by atoms with Crippen molar-refractivity contribution in [1.29, 1.82) is 0 Å². The number of hydrogen-bond acceptors (Lipinski definition) is 10. The number of amides is 2. The lowest BCUT2D eigenvalue weighted by atomic mass is 10.1. The fourth-order valence-corrected chi connectivity index (χ4v) is 4.39. The van der Waals surface area contributed by atoms with Crippen LogP contribution in [0.1, 0.15) is 43.1 Å². The molecule has 0 radical (unpaired) electrons. The van der Waals surface area contributed by atoms with Gasteiger partial charge < -0.3 is 40.6 Å². The predicted molar refractivity (Wildman–Crippen MR) is 134 cm³/mol. The van der Waals surface area contributed by atoms with Gasteiger partial charge in [0, 0.05) is 38.1 Å². The molecule has 5 N–H and O–H groups in total. The minimum atomic E-state index is -0.828. The Morgan fingerprint density at radius 2 is 1.94 bits per heavy atom. The fraction of sp³-hybridized carbons (Fsp3) is 0.522. The number of pyridine rings is 1. The summed E-state index contributed by atoms with van der Waals surface area (Å²) >= 11 is 0. The molecule has 1 atom stereocenters. The van der Waals surface area contributed by atoms with Gasteiger partial charge in [-0.2, -0.15) is 4.98 Å². The number of anilines is 4. The number of nitrogens with two attached hydrogens (primary N) is 2. The Hall–Kier alpha value is -3.87. The molecule has 2 aromatic rings. The van der Waals surface area contributed by atoms with Crippen LogP contribution in [0.4, 0.5) is 27.9 Å². The largest absolute Gasteiger partial charge is 0.445 e. The van der Waals surface area contributed by atoms with E-state index in [-0.39, 0.29) is 29.1 Å². The average Bonchev–Trinajstić information content (AvgIpc) is 2.85. The van der Waals surface area contributed by atoms with Crippen LogP contribution in [-0.2, 0) is 9.47 Å². The molecule has 2 amide bonds. The van der Waals surface area contributed by atoms with Crippen LogP contribution in [0.3, 0.4) is 0 Å². The normalized spacial score (nSPS) is 18.2. The molecule has 0 spiro atoms. The maximum atomic E-state index is 13.2. The molecule has 36 heavy (non-hydrogen) atoms. The molecule has 0 aromatic carbocycles. The molecule has 2 aromatic heterocycles. The number of nitrogens with one attached hydrogen (secondary N) is 1. The van der Waals surface area contributed by atoms with Crippen molar-refractivity contribution in [2.75, 3.05) is 54.5 Å². The van der Waals surface area contributed by atoms with Gasteiger partial charge in [-0.1, -0.05) is 0 Å². The number of aromatic nitrogens is 3. The van der Waals surface area contributed by atoms with Crippen molar-refractivity contribution < 1.29 is 19.1 Å². The van der Waals surface area contributed by atoms with Crippen molar-refractivity contribution in [3.05, 3.63) is 34.4 Å². The van der Waals surface area contributed by atoms with Crippen molar-refractivity contribution >= 4 is 35.1 Å². The monoisotopic (exact) mass is 500 g/mol. The van der Waals surface area contributed by atoms with E-state index >= 15 is 0 Å². The molecule has 0 saturated carbocycles. The van der Waals surface area contributed by atoms with Crippen LogP contribution >= 0.6 is 0 Å². The van der Waals surface area contributed by atoms with Crippen LogP contribution in [0.5, 0.6) is 0 Å². The van der Waals surface area contributed by atoms with E-state index in [1.165, 1.54) is 6.20 Å². The first-order chi connectivity index (χ1) is 17.2. The number of primary amides is 2. The zero-order chi connectivity index (χ0) is 25.8. The number of piperidine rings is 1. The molecule has 4 rings (SSSR count). The van der Waals surface area contributed by atoms with Crippen LogP contribution in [0.15, 0.2) is 23.3 Å². The molecule has 1 unspecified atom stereocenters. The number of ether oxygens (including phenoxy) is 2. The topological polar surface area (TPSA) is 171 Å². The fourth-order valence-electron chi connectivity index (χ4n) is 4.39. The summed E-state index contributed by atoms with van der Waals surface area (Å²) in [6, 6.07) is 1.66. The van der Waals surface area contributed by atoms with Gasteiger partial charge in [0.15, 0.2) is 0 Å². The third-order valence-corrected chi connectivity index (χ3v) is 6.18. The summed E-state index contributed by atoms with van der Waals surface area (Å²) in [7, 11) is 0. The highest BCUT2D eigenvalue weighted by Crippen LogP contribution is 2.26. The van der Waals surface area contributed by atoms with Crippen LogP contribution in [0, 0.1) is 0 Å². The van der Waals surface area contributed by atoms with E-state index in [0.29, 0.717) is 63.1 Å². The quantitative estimate of drug-likeness (QED) is 0.497. The van der Waals surface area contributed by atoms with Crippen molar-refractivity contribution in [3.8, 4) is 0 Å². The van der Waals surface area contributed by atoms with Gasteiger partial charge in [0.2, 0.25) is 5.95 Å². The second-order valence-electron chi connectivity index (χ2n) is 9.09. The maximum absolute atomic E-state index is 13.2. The van der Waals surface area contributed by atoms with Gasteiger partial charge >= 0.3 is 6.09 Å². The first-order valence-electron chi connectivity index (χ1n) is 12.0. The molecule has 2 aliphatic rings. The lowest BCUT2D eigenvalue weighted by Crippen LogP contribution is -2.42. The summed E-state index contributed by atoms with van der Waals surface area (Å²) in [4.78, 5) is 49.2. The van der Waals surface area contributed by atoms with Crippen LogP contribution in [0.2, 0.25) is 0 Å². The highest BCUT2D eigenvalue weighted by Gasteiger charge is 2.26. The minimum absolute atomic E-state index is 0.0915. The number of hydrogen-bond donors (Lipinski definition) is 3. The zero-order valence-electron chi connectivity index (χ0n) is 20.5. The van der Waals surface area contributed by atoms with Gasteiger partial charge in [0.1, 0.15) is 23.2 Å². The van der Waals surface area contributed by atoms with Gasteiger partial charge in [0.25, 0.3) is 11.5 Å². The number of morpholine rings is 1. The van der Waals surface area contributed by atoms with Gasteiger partial charge in [0.05, 0.1) is 25.4 Å². The van der Waals surface area contributed by atoms with E-state index in [1.807, 2.05) is 23.6 Å². The van der Waals surface area contributed by atoms with Gasteiger partial charge in [-0.05, 0) is 32.8 Å². The van der Waals surface area contributed by atoms with Crippen LogP contribution in [-0.4, -0.2) is 72.0 Å². The molecule has 2 saturated heterocycles. The number of carbonyl (C=O) groups is 2. The Morgan fingerprint density at radius 1 is 1.19 bits per heavy atom. The second-order valence-corrected chi connectivity index (χ2v) is 9.09. The maximum Gasteiger partial charge on any atom is 0.404 e. The summed E-state index contributed by atoms with van der Waals surface area (Å²) in [6.07, 6.45) is 3.30. The SMILES string of the molecule is CC(C)n1cc(Nc2nc(N3CCCC(OC(N)=O)C3)ncc2C(N)=O)cc(N2CCOCC2)c1=O. The number of carbonyl (C=O) groups excluding carboxylic acids is 2. The molecule has 13 nitrogen and oxygen atoms in total. The molecule has 194 valence electrons. The second kappa shape index (κ2) is 10.8. The first-order valence-corrected chi connectivity index (χ1v) is 12.0. The summed E-state index contributed by atoms with van der Waals surface area (Å²) in [6.45, 7) is 7.14. The average molecular weight is 501 g/mol. The molecular formula is C23H32N8O5. The predicted octanol–water partition coefficient (Wildman–Crippen LogP) is 0.962. The summed E-state index contributed by atoms with van der Waals surface area (Å²) < 4.78 is 12.2. The third-order valence-electron chi connectivity index (χ3n) is 6.18. The molecular weight excluding hydrogens is 468 g/mol. The van der Waals surface area contributed by atoms with Crippen molar-refractivity contribution in [1.82, 2.24) is 14.5 Å². The van der Waals surface area contributed by atoms with Crippen LogP contribution < -0.4 is 32.1 Å². The van der Waals surface area contributed by atoms with Gasteiger partial charge in [-0.25, -0.2) is 9.78 Å². The Morgan fingerprint density at radius 3 is 2.61 bits per heavy atom. The minimum Gasteiger partial charge on any atom is -0.445 e. The molecule has 2 fully saturated rings. The molecule has 0 bridgehead atoms. The van der Waals surface area contributed by atoms with Gasteiger partial charge in [-0.15, -0.1) is 0 Å². The van der Waals surface area contributed by atoms with E-state index in [1.54, 1.807) is 16.8 Å². The third kappa shape index (κ3) is 5.67. The van der Waals surface area contributed by atoms with Crippen molar-refractivity contribution in [2.45, 2.75) is 38.8 Å². The Labute approximate surface area is 208 Å². The summed E-state index contributed by atoms with van der Waals surface area (Å²) in [5.41, 5.74) is 11.9. The van der Waals surface area contributed by atoms with E-state index in [0.717, 1.165) is 6.42 Å². The van der Waals surface area contributed by atoms with Gasteiger partial charge in [-0.3, -0.25) is 9.59 Å². The van der Waals surface area contributed by atoms with Crippen molar-refractivity contribution in [2.24, 2.45) is 11.5 Å². The first kappa shape index (κ1) is 25.2. The van der Waals surface area contributed by atoms with E-state index in [4.69, 9.17) is 20.9 Å². The van der Waals surface area contributed by atoms with E-state index < -0.39 is 12.0 Å². The molecule has 4 heterocycles. The highest BCUT2D eigenvalue weighted by molar-refractivity contribution is 5.98. The lowest BCUT2D eigenvalue weighted by Gasteiger charge is -2.32. The molecule has 13 heteroatoms. The Kier molecular flexibility index (Phi) is 7.58. The van der Waals surface area contributed by atoms with E-state index in [9.17, 15) is 14.4 Å². The van der Waals surface area contributed by atoms with Crippen LogP contribution in [0.25, 0.3) is 0 Å². The Bertz CT molecular complexity index is 1180. The van der Waals surface area contributed by atoms with E-state index in [2.05, 4.69) is 15.3 Å². The standard InChI is InChI=1S/C23H32N8O5/c1-14(2)31-12-15(10-18(21(31)33)29-6-8-35-9-7-29)27-20-17(19(24)32)11-26-23(28-20)30-5-3-4-16(13-30)36-22(25)34/h10-12,14,16H,3-9,13H2,1-2H3,(H2,24,32)(H2,25,34)(H,26,27,28). The Balaban J connectivity index is 1.68. The van der Waals surface area contributed by atoms with Crippen molar-refractivity contribution in [3.63, 3.8) is 0 Å². The molecule has 2 aliphatic heterocycles. The summed E-state index contributed by atoms with van der Waals surface area (Å²) in [5, 5.41) is 3.18. The highest BCUT2D eigenvalue weighted by atomic mass is 16.6. The number of nitrogens with zero attached hydrogens (tertiary/aromatic N) is 5. The molecule has 0 aliphatic carbocycles. The zero-order valence-corrected chi connectivity index (χ0v) is 20.5. The lowest BCUT2D eigenvalue weighted by molar-refractivity contribution is 0.0959.